The first-order chi connectivity index (χ1) is 22.6. The van der Waals surface area contributed by atoms with Gasteiger partial charge in [0.2, 0.25) is 0 Å². The van der Waals surface area contributed by atoms with Gasteiger partial charge in [-0.25, -0.2) is 0 Å². The van der Waals surface area contributed by atoms with Gasteiger partial charge in [-0.3, -0.25) is 9.59 Å². The van der Waals surface area contributed by atoms with E-state index in [0.717, 1.165) is 38.5 Å². The number of Topliss-reactive ketones (excluding diaryl/α,β-unsaturated/α-hetero) is 1. The van der Waals surface area contributed by atoms with Crippen molar-refractivity contribution in [3.8, 4) is 0 Å². The second-order valence-corrected chi connectivity index (χ2v) is 18.7. The number of aliphatic hydroxyl groups is 6. The van der Waals surface area contributed by atoms with E-state index >= 15 is 0 Å². The van der Waals surface area contributed by atoms with Crippen molar-refractivity contribution in [1.82, 2.24) is 0 Å². The maximum absolute atomic E-state index is 13.5. The van der Waals surface area contributed by atoms with Crippen molar-refractivity contribution >= 4 is 11.8 Å². The summed E-state index contributed by atoms with van der Waals surface area (Å²) in [5.74, 6) is 0.356. The highest BCUT2D eigenvalue weighted by atomic mass is 16.7. The van der Waals surface area contributed by atoms with Crippen molar-refractivity contribution in [3.63, 3.8) is 0 Å². The lowest BCUT2D eigenvalue weighted by molar-refractivity contribution is -0.341. The Balaban J connectivity index is 1.34. The van der Waals surface area contributed by atoms with Crippen LogP contribution >= 0.6 is 0 Å². The normalized spacial score (nSPS) is 49.1. The molecule has 0 aromatic rings. The summed E-state index contributed by atoms with van der Waals surface area (Å²) in [6, 6.07) is 0. The third-order valence-corrected chi connectivity index (χ3v) is 15.7. The molecule has 0 amide bonds. The number of ketones is 1. The molecular weight excluding hydrogens is 632 g/mol. The van der Waals surface area contributed by atoms with Crippen LogP contribution in [0.5, 0.6) is 0 Å². The second-order valence-electron chi connectivity index (χ2n) is 18.7. The van der Waals surface area contributed by atoms with Crippen molar-refractivity contribution in [3.05, 3.63) is 0 Å². The van der Waals surface area contributed by atoms with Gasteiger partial charge >= 0.3 is 5.97 Å². The van der Waals surface area contributed by atoms with Crippen LogP contribution in [-0.2, 0) is 23.8 Å². The zero-order valence-corrected chi connectivity index (χ0v) is 30.7. The topological polar surface area (TPSA) is 183 Å². The molecule has 16 atom stereocenters. The van der Waals surface area contributed by atoms with E-state index in [1.807, 2.05) is 0 Å². The minimum atomic E-state index is -1.57. The van der Waals surface area contributed by atoms with E-state index in [9.17, 15) is 40.2 Å². The Kier molecular flexibility index (Phi) is 9.34. The zero-order valence-electron chi connectivity index (χ0n) is 30.7. The van der Waals surface area contributed by atoms with Crippen LogP contribution < -0.4 is 0 Å². The molecule has 1 aliphatic heterocycles. The summed E-state index contributed by atoms with van der Waals surface area (Å²) in [6.07, 6.45) is -2.42. The maximum atomic E-state index is 13.5. The van der Waals surface area contributed by atoms with Gasteiger partial charge in [-0.05, 0) is 105 Å². The van der Waals surface area contributed by atoms with Crippen LogP contribution in [0, 0.1) is 50.7 Å². The predicted molar refractivity (Wildman–Crippen MR) is 178 cm³/mol. The minimum absolute atomic E-state index is 0.0154. The van der Waals surface area contributed by atoms with Crippen LogP contribution in [0.2, 0.25) is 0 Å². The van der Waals surface area contributed by atoms with Gasteiger partial charge in [0.25, 0.3) is 0 Å². The summed E-state index contributed by atoms with van der Waals surface area (Å²) in [5, 5.41) is 64.8. The van der Waals surface area contributed by atoms with Crippen LogP contribution in [-0.4, -0.2) is 104 Å². The van der Waals surface area contributed by atoms with Crippen LogP contribution in [0.15, 0.2) is 0 Å². The molecule has 0 bridgehead atoms. The number of carbonyl (C=O) groups is 2. The van der Waals surface area contributed by atoms with Crippen molar-refractivity contribution < 1.29 is 54.4 Å². The summed E-state index contributed by atoms with van der Waals surface area (Å²) in [7, 11) is 0. The standard InChI is InChI=1S/C38H62O11/c1-19(15-22(40)31(45)34(5,6)46)21-9-14-38-18-37(21,38)13-10-24-35(7)12-11-26(41)33(3,4)25(35)16-27(36(24,38)8)49-32-30(44)29(43)28(42)23(48-32)17-47-20(2)39/h19,21-25,27-32,40,42-46H,9-18H2,1-8H3/t19-,21-,22+,23+,24+,25-,27?,28+,29-,30+,31-,32-,35+,36-,37+,38+/m0/s1. The smallest absolute Gasteiger partial charge is 0.302 e. The molecule has 6 rings (SSSR count). The van der Waals surface area contributed by atoms with Crippen molar-refractivity contribution in [2.45, 2.75) is 168 Å². The van der Waals surface area contributed by atoms with E-state index in [4.69, 9.17) is 14.2 Å². The summed E-state index contributed by atoms with van der Waals surface area (Å²) < 4.78 is 18.1. The number of carbonyl (C=O) groups excluding carboxylic acids is 2. The number of fused-ring (bicyclic) bond motifs is 3. The first kappa shape index (κ1) is 37.6. The van der Waals surface area contributed by atoms with Crippen molar-refractivity contribution in [2.75, 3.05) is 6.61 Å². The number of rotatable bonds is 9. The van der Waals surface area contributed by atoms with E-state index < -0.39 is 66.0 Å². The molecule has 1 unspecified atom stereocenters. The predicted octanol–water partition coefficient (Wildman–Crippen LogP) is 2.88. The molecule has 6 N–H and O–H groups in total. The van der Waals surface area contributed by atoms with Crippen molar-refractivity contribution in [1.29, 1.82) is 0 Å². The molecule has 0 radical (unpaired) electrons. The first-order valence-electron chi connectivity index (χ1n) is 18.7. The molecule has 0 aromatic heterocycles. The Labute approximate surface area is 291 Å². The minimum Gasteiger partial charge on any atom is -0.463 e. The molecule has 49 heavy (non-hydrogen) atoms. The molecule has 5 aliphatic carbocycles. The molecular formula is C38H62O11. The van der Waals surface area contributed by atoms with Crippen LogP contribution in [0.3, 0.4) is 0 Å². The maximum Gasteiger partial charge on any atom is 0.302 e. The summed E-state index contributed by atoms with van der Waals surface area (Å²) in [5.41, 5.74) is -2.55. The van der Waals surface area contributed by atoms with E-state index in [1.165, 1.54) is 20.8 Å². The number of ether oxygens (including phenoxy) is 3. The third kappa shape index (κ3) is 5.41. The third-order valence-electron chi connectivity index (χ3n) is 15.7. The molecule has 6 aliphatic rings. The van der Waals surface area contributed by atoms with Gasteiger partial charge in [-0.1, -0.05) is 34.6 Å². The van der Waals surface area contributed by atoms with Gasteiger partial charge in [-0.15, -0.1) is 0 Å². The Hall–Kier alpha value is -1.18. The summed E-state index contributed by atoms with van der Waals surface area (Å²) >= 11 is 0. The van der Waals surface area contributed by atoms with Gasteiger partial charge in [0.1, 0.15) is 42.9 Å². The lowest BCUT2D eigenvalue weighted by Gasteiger charge is -2.68. The molecule has 11 heteroatoms. The highest BCUT2D eigenvalue weighted by Crippen LogP contribution is 2.91. The molecule has 1 saturated heterocycles. The van der Waals surface area contributed by atoms with Gasteiger partial charge < -0.3 is 44.8 Å². The second kappa shape index (κ2) is 12.2. The highest BCUT2D eigenvalue weighted by molar-refractivity contribution is 5.85. The Bertz CT molecular complexity index is 1300. The van der Waals surface area contributed by atoms with E-state index in [1.54, 1.807) is 0 Å². The van der Waals surface area contributed by atoms with E-state index in [-0.39, 0.29) is 51.8 Å². The largest absolute Gasteiger partial charge is 0.463 e. The first-order valence-corrected chi connectivity index (χ1v) is 18.7. The Morgan fingerprint density at radius 2 is 1.67 bits per heavy atom. The molecule has 6 fully saturated rings. The number of esters is 1. The number of hydrogen-bond acceptors (Lipinski definition) is 11. The molecule has 280 valence electrons. The fourth-order valence-electron chi connectivity index (χ4n) is 13.1. The fourth-order valence-corrected chi connectivity index (χ4v) is 13.1. The van der Waals surface area contributed by atoms with E-state index in [2.05, 4.69) is 34.6 Å². The van der Waals surface area contributed by atoms with Gasteiger partial charge in [0.15, 0.2) is 6.29 Å². The molecule has 0 aromatic carbocycles. The van der Waals surface area contributed by atoms with Crippen LogP contribution in [0.4, 0.5) is 0 Å². The Morgan fingerprint density at radius 1 is 1.00 bits per heavy atom. The lowest BCUT2D eigenvalue weighted by atomic mass is 9.37. The SMILES string of the molecule is CC(=O)OC[C@H]1O[C@@H](OC2C[C@H]3C(C)(C)C(=O)CC[C@]3(C)[C@H]3CC[C@]45C[C@]4(CC[C@H]5[C@@H](C)C[C@@H](O)[C@H](O)C(C)(C)O)[C@]23C)[C@H](O)[C@@H](O)[C@@H]1O. The zero-order chi connectivity index (χ0) is 36.3. The van der Waals surface area contributed by atoms with Crippen molar-refractivity contribution in [2.24, 2.45) is 50.7 Å². The summed E-state index contributed by atoms with van der Waals surface area (Å²) in [4.78, 5) is 25.0. The summed E-state index contributed by atoms with van der Waals surface area (Å²) in [6.45, 7) is 15.0. The van der Waals surface area contributed by atoms with Gasteiger partial charge in [0.05, 0.1) is 17.8 Å². The molecule has 11 nitrogen and oxygen atoms in total. The highest BCUT2D eigenvalue weighted by Gasteiger charge is 2.85. The van der Waals surface area contributed by atoms with Crippen LogP contribution in [0.1, 0.15) is 113 Å². The quantitative estimate of drug-likeness (QED) is 0.154. The lowest BCUT2D eigenvalue weighted by Crippen LogP contribution is -2.68. The van der Waals surface area contributed by atoms with Crippen LogP contribution in [0.25, 0.3) is 0 Å². The average Bonchev–Trinajstić information content (AvgIpc) is 3.58. The average molecular weight is 695 g/mol. The monoisotopic (exact) mass is 694 g/mol. The molecule has 0 spiro atoms. The fraction of sp³-hybridized carbons (Fsp3) is 0.947. The molecule has 1 heterocycles. The molecule has 5 saturated carbocycles. The number of aliphatic hydroxyl groups excluding tert-OH is 5. The van der Waals surface area contributed by atoms with Gasteiger partial charge in [-0.2, -0.15) is 0 Å². The van der Waals surface area contributed by atoms with E-state index in [0.29, 0.717) is 25.2 Å². The Morgan fingerprint density at radius 3 is 2.31 bits per heavy atom. The number of hydrogen-bond donors (Lipinski definition) is 6. The van der Waals surface area contributed by atoms with Gasteiger partial charge in [0, 0.05) is 24.2 Å².